The summed E-state index contributed by atoms with van der Waals surface area (Å²) in [6.07, 6.45) is 0.873. The Bertz CT molecular complexity index is 622. The second-order valence-electron chi connectivity index (χ2n) is 5.37. The van der Waals surface area contributed by atoms with E-state index in [1.54, 1.807) is 4.68 Å². The Morgan fingerprint density at radius 3 is 2.67 bits per heavy atom. The molecule has 1 aromatic carbocycles. The van der Waals surface area contributed by atoms with Gasteiger partial charge < -0.3 is 5.11 Å². The first-order valence-corrected chi connectivity index (χ1v) is 7.12. The van der Waals surface area contributed by atoms with Gasteiger partial charge in [0.1, 0.15) is 0 Å². The Morgan fingerprint density at radius 1 is 1.33 bits per heavy atom. The van der Waals surface area contributed by atoms with E-state index in [9.17, 15) is 4.79 Å². The van der Waals surface area contributed by atoms with Gasteiger partial charge in [-0.15, -0.1) is 5.10 Å². The van der Waals surface area contributed by atoms with Crippen LogP contribution in [0.4, 0.5) is 0 Å². The fourth-order valence-corrected chi connectivity index (χ4v) is 2.42. The molecule has 0 aliphatic carbocycles. The molecule has 21 heavy (non-hydrogen) atoms. The molecule has 0 amide bonds. The van der Waals surface area contributed by atoms with Crippen molar-refractivity contribution < 1.29 is 9.90 Å². The van der Waals surface area contributed by atoms with E-state index in [1.165, 1.54) is 0 Å². The van der Waals surface area contributed by atoms with E-state index in [0.717, 1.165) is 17.5 Å². The quantitative estimate of drug-likeness (QED) is 0.883. The minimum atomic E-state index is -0.848. The summed E-state index contributed by atoms with van der Waals surface area (Å²) in [4.78, 5) is 11.1. The summed E-state index contributed by atoms with van der Waals surface area (Å²) in [6.45, 7) is 6.03. The molecule has 0 fully saturated rings. The molecular formula is C15H20N4O2. The second-order valence-corrected chi connectivity index (χ2v) is 5.37. The highest BCUT2D eigenvalue weighted by atomic mass is 16.4. The number of benzene rings is 1. The molecule has 0 aliphatic heterocycles. The molecular weight excluding hydrogens is 268 g/mol. The Labute approximate surface area is 123 Å². The van der Waals surface area contributed by atoms with E-state index >= 15 is 0 Å². The van der Waals surface area contributed by atoms with Gasteiger partial charge >= 0.3 is 5.97 Å². The minimum Gasteiger partial charge on any atom is -0.481 e. The van der Waals surface area contributed by atoms with Crippen molar-refractivity contribution in [3.63, 3.8) is 0 Å². The summed E-state index contributed by atoms with van der Waals surface area (Å²) in [6, 6.07) is 7.66. The molecule has 0 radical (unpaired) electrons. The van der Waals surface area contributed by atoms with Gasteiger partial charge in [0.25, 0.3) is 0 Å². The zero-order chi connectivity index (χ0) is 15.4. The van der Waals surface area contributed by atoms with Crippen molar-refractivity contribution in [2.75, 3.05) is 0 Å². The largest absolute Gasteiger partial charge is 0.481 e. The molecule has 2 rings (SSSR count). The maximum atomic E-state index is 11.1. The first-order valence-electron chi connectivity index (χ1n) is 7.12. The predicted molar refractivity (Wildman–Crippen MR) is 78.8 cm³/mol. The predicted octanol–water partition coefficient (Wildman–Crippen LogP) is 2.57. The van der Waals surface area contributed by atoms with Gasteiger partial charge in [0, 0.05) is 5.56 Å². The van der Waals surface area contributed by atoms with Gasteiger partial charge in [-0.1, -0.05) is 45.0 Å². The number of carboxylic acid groups (broad SMARTS) is 1. The Morgan fingerprint density at radius 2 is 2.05 bits per heavy atom. The lowest BCUT2D eigenvalue weighted by Gasteiger charge is -2.20. The van der Waals surface area contributed by atoms with Crippen LogP contribution in [0.25, 0.3) is 11.4 Å². The first kappa shape index (κ1) is 15.2. The fraction of sp³-hybridized carbons (Fsp3) is 0.467. The third-order valence-electron chi connectivity index (χ3n) is 3.60. The van der Waals surface area contributed by atoms with E-state index < -0.39 is 5.97 Å². The number of aryl methyl sites for hydroxylation is 1. The number of carbonyl (C=O) groups is 1. The van der Waals surface area contributed by atoms with Crippen LogP contribution in [0.2, 0.25) is 0 Å². The zero-order valence-electron chi connectivity index (χ0n) is 12.5. The molecule has 0 spiro atoms. The molecule has 1 heterocycles. The van der Waals surface area contributed by atoms with Crippen LogP contribution in [-0.4, -0.2) is 31.3 Å². The molecule has 6 nitrogen and oxygen atoms in total. The molecule has 6 heteroatoms. The molecule has 1 aromatic heterocycles. The van der Waals surface area contributed by atoms with Crippen LogP contribution in [0, 0.1) is 5.92 Å². The lowest BCUT2D eigenvalue weighted by molar-refractivity contribution is -0.138. The maximum Gasteiger partial charge on any atom is 0.305 e. The second kappa shape index (κ2) is 6.47. The third kappa shape index (κ3) is 3.26. The van der Waals surface area contributed by atoms with Gasteiger partial charge in [0.15, 0.2) is 5.82 Å². The average molecular weight is 288 g/mol. The molecule has 0 saturated heterocycles. The Hall–Kier alpha value is -2.24. The number of nitrogens with zero attached hydrogens (tertiary/aromatic N) is 4. The molecule has 1 N–H and O–H groups in total. The van der Waals surface area contributed by atoms with Crippen LogP contribution >= 0.6 is 0 Å². The molecule has 0 bridgehead atoms. The Kier molecular flexibility index (Phi) is 4.67. The average Bonchev–Trinajstić information content (AvgIpc) is 2.93. The maximum absolute atomic E-state index is 11.1. The fourth-order valence-electron chi connectivity index (χ4n) is 2.42. The number of aromatic nitrogens is 4. The summed E-state index contributed by atoms with van der Waals surface area (Å²) in [7, 11) is 0. The number of carboxylic acids is 1. The molecule has 0 saturated carbocycles. The van der Waals surface area contributed by atoms with Gasteiger partial charge in [-0.3, -0.25) is 4.79 Å². The molecule has 112 valence electrons. The van der Waals surface area contributed by atoms with Crippen LogP contribution in [0.3, 0.4) is 0 Å². The summed E-state index contributed by atoms with van der Waals surface area (Å²) in [5.74, 6) is -0.0940. The lowest BCUT2D eigenvalue weighted by Crippen LogP contribution is -2.21. The van der Waals surface area contributed by atoms with Crippen LogP contribution < -0.4 is 0 Å². The van der Waals surface area contributed by atoms with E-state index in [0.29, 0.717) is 5.82 Å². The molecule has 0 aliphatic rings. The monoisotopic (exact) mass is 288 g/mol. The van der Waals surface area contributed by atoms with Crippen molar-refractivity contribution in [2.24, 2.45) is 5.92 Å². The third-order valence-corrected chi connectivity index (χ3v) is 3.60. The minimum absolute atomic E-state index is 0.00397. The van der Waals surface area contributed by atoms with Crippen LogP contribution in [-0.2, 0) is 11.2 Å². The van der Waals surface area contributed by atoms with Gasteiger partial charge in [0.05, 0.1) is 12.5 Å². The SMILES string of the molecule is CCc1ccccc1-c1nnnn1C(CC(=O)O)C(C)C. The van der Waals surface area contributed by atoms with Crippen LogP contribution in [0.5, 0.6) is 0 Å². The van der Waals surface area contributed by atoms with E-state index in [4.69, 9.17) is 5.11 Å². The summed E-state index contributed by atoms with van der Waals surface area (Å²) in [5, 5.41) is 21.0. The summed E-state index contributed by atoms with van der Waals surface area (Å²) in [5.41, 5.74) is 2.10. The number of hydrogen-bond acceptors (Lipinski definition) is 4. The highest BCUT2D eigenvalue weighted by Gasteiger charge is 2.24. The summed E-state index contributed by atoms with van der Waals surface area (Å²) < 4.78 is 1.65. The smallest absolute Gasteiger partial charge is 0.305 e. The van der Waals surface area contributed by atoms with Crippen molar-refractivity contribution in [2.45, 2.75) is 39.7 Å². The molecule has 1 unspecified atom stereocenters. The highest BCUT2D eigenvalue weighted by molar-refractivity contribution is 5.67. The first-order chi connectivity index (χ1) is 10.0. The van der Waals surface area contributed by atoms with Crippen molar-refractivity contribution >= 4 is 5.97 Å². The highest BCUT2D eigenvalue weighted by Crippen LogP contribution is 2.28. The molecule has 2 aromatic rings. The standard InChI is InChI=1S/C15H20N4O2/c1-4-11-7-5-6-8-12(11)15-16-17-18-19(15)13(10(2)3)9-14(20)21/h5-8,10,13H,4,9H2,1-3H3,(H,20,21). The van der Waals surface area contributed by atoms with Gasteiger partial charge in [-0.05, 0) is 28.3 Å². The number of aliphatic carboxylic acids is 1. The van der Waals surface area contributed by atoms with Crippen molar-refractivity contribution in [3.05, 3.63) is 29.8 Å². The van der Waals surface area contributed by atoms with Crippen molar-refractivity contribution in [3.8, 4) is 11.4 Å². The number of tetrazole rings is 1. The van der Waals surface area contributed by atoms with Crippen LogP contribution in [0.1, 0.15) is 38.8 Å². The normalized spacial score (nSPS) is 12.6. The lowest BCUT2D eigenvalue weighted by atomic mass is 9.99. The van der Waals surface area contributed by atoms with E-state index in [-0.39, 0.29) is 18.4 Å². The van der Waals surface area contributed by atoms with Gasteiger partial charge in [0.2, 0.25) is 0 Å². The Balaban J connectivity index is 2.48. The topological polar surface area (TPSA) is 80.9 Å². The summed E-state index contributed by atoms with van der Waals surface area (Å²) >= 11 is 0. The van der Waals surface area contributed by atoms with E-state index in [1.807, 2.05) is 38.1 Å². The van der Waals surface area contributed by atoms with Gasteiger partial charge in [-0.2, -0.15) is 0 Å². The number of rotatable bonds is 6. The number of hydrogen-bond donors (Lipinski definition) is 1. The zero-order valence-corrected chi connectivity index (χ0v) is 12.5. The van der Waals surface area contributed by atoms with Crippen LogP contribution in [0.15, 0.2) is 24.3 Å². The van der Waals surface area contributed by atoms with Crippen molar-refractivity contribution in [1.29, 1.82) is 0 Å². The van der Waals surface area contributed by atoms with E-state index in [2.05, 4.69) is 22.4 Å². The van der Waals surface area contributed by atoms with Gasteiger partial charge in [-0.25, -0.2) is 4.68 Å². The molecule has 1 atom stereocenters. The van der Waals surface area contributed by atoms with Crippen molar-refractivity contribution in [1.82, 2.24) is 20.2 Å².